The second-order valence-electron chi connectivity index (χ2n) is 6.48. The first-order chi connectivity index (χ1) is 12.6. The zero-order valence-corrected chi connectivity index (χ0v) is 14.8. The van der Waals surface area contributed by atoms with Crippen LogP contribution in [-0.2, 0) is 24.4 Å². The summed E-state index contributed by atoms with van der Waals surface area (Å²) in [6.45, 7) is 2.10. The molecule has 3 rings (SSSR count). The van der Waals surface area contributed by atoms with Gasteiger partial charge in [-0.1, -0.05) is 37.3 Å². The fraction of sp³-hybridized carbons (Fsp3) is 0.350. The molecule has 2 aromatic heterocycles. The SMILES string of the molecule is C[C@@H](CC(=O)Cc1cc2cnn(CCO)c2c(CO)n1)c1ccccc1. The number of aromatic nitrogens is 3. The van der Waals surface area contributed by atoms with Gasteiger partial charge in [0, 0.05) is 23.9 Å². The lowest BCUT2D eigenvalue weighted by atomic mass is 9.94. The molecule has 0 fully saturated rings. The van der Waals surface area contributed by atoms with Crippen molar-refractivity contribution in [3.05, 3.63) is 59.5 Å². The third-order valence-corrected chi connectivity index (χ3v) is 4.48. The monoisotopic (exact) mass is 353 g/mol. The van der Waals surface area contributed by atoms with Crippen LogP contribution in [0.2, 0.25) is 0 Å². The summed E-state index contributed by atoms with van der Waals surface area (Å²) in [7, 11) is 0. The number of carbonyl (C=O) groups is 1. The predicted octanol–water partition coefficient (Wildman–Crippen LogP) is 2.22. The van der Waals surface area contributed by atoms with Crippen LogP contribution in [0, 0.1) is 0 Å². The topological polar surface area (TPSA) is 88.2 Å². The van der Waals surface area contributed by atoms with Crippen LogP contribution in [0.15, 0.2) is 42.6 Å². The van der Waals surface area contributed by atoms with Gasteiger partial charge >= 0.3 is 0 Å². The zero-order chi connectivity index (χ0) is 18.5. The number of aliphatic hydroxyl groups excluding tert-OH is 2. The number of nitrogens with zero attached hydrogens (tertiary/aromatic N) is 3. The molecule has 0 unspecified atom stereocenters. The molecule has 136 valence electrons. The standard InChI is InChI=1S/C20H23N3O3/c1-14(15-5-3-2-4-6-15)9-18(26)11-17-10-16-12-21-23(7-8-24)20(16)19(13-25)22-17/h2-6,10,12,14,24-25H,7-9,11,13H2,1H3/t14-/m0/s1. The zero-order valence-electron chi connectivity index (χ0n) is 14.8. The first-order valence-corrected chi connectivity index (χ1v) is 8.75. The first kappa shape index (κ1) is 18.2. The minimum atomic E-state index is -0.240. The highest BCUT2D eigenvalue weighted by Crippen LogP contribution is 2.22. The highest BCUT2D eigenvalue weighted by molar-refractivity contribution is 5.85. The van der Waals surface area contributed by atoms with E-state index in [9.17, 15) is 9.90 Å². The van der Waals surface area contributed by atoms with Crippen molar-refractivity contribution in [2.75, 3.05) is 6.61 Å². The summed E-state index contributed by atoms with van der Waals surface area (Å²) in [6.07, 6.45) is 2.35. The third kappa shape index (κ3) is 3.98. The van der Waals surface area contributed by atoms with E-state index < -0.39 is 0 Å². The molecule has 6 heteroatoms. The smallest absolute Gasteiger partial charge is 0.139 e. The van der Waals surface area contributed by atoms with E-state index in [1.54, 1.807) is 10.9 Å². The number of fused-ring (bicyclic) bond motifs is 1. The third-order valence-electron chi connectivity index (χ3n) is 4.48. The Morgan fingerprint density at radius 2 is 2.00 bits per heavy atom. The summed E-state index contributed by atoms with van der Waals surface area (Å²) >= 11 is 0. The van der Waals surface area contributed by atoms with Crippen LogP contribution in [0.1, 0.15) is 36.2 Å². The summed E-state index contributed by atoms with van der Waals surface area (Å²) in [5.41, 5.74) is 2.96. The summed E-state index contributed by atoms with van der Waals surface area (Å²) in [4.78, 5) is 16.9. The number of ketones is 1. The van der Waals surface area contributed by atoms with E-state index >= 15 is 0 Å². The van der Waals surface area contributed by atoms with Gasteiger partial charge in [-0.25, -0.2) is 0 Å². The average Bonchev–Trinajstić information content (AvgIpc) is 3.05. The lowest BCUT2D eigenvalue weighted by Crippen LogP contribution is -2.11. The first-order valence-electron chi connectivity index (χ1n) is 8.75. The van der Waals surface area contributed by atoms with Crippen LogP contribution in [0.3, 0.4) is 0 Å². The summed E-state index contributed by atoms with van der Waals surface area (Å²) < 4.78 is 1.62. The molecule has 2 heterocycles. The molecule has 0 aliphatic heterocycles. The number of hydrogen-bond acceptors (Lipinski definition) is 5. The Morgan fingerprint density at radius 3 is 2.69 bits per heavy atom. The number of Topliss-reactive ketones (excluding diaryl/α,β-unsaturated/α-hetero) is 1. The Labute approximate surface area is 152 Å². The molecule has 0 bridgehead atoms. The van der Waals surface area contributed by atoms with Crippen LogP contribution in [0.25, 0.3) is 10.9 Å². The van der Waals surface area contributed by atoms with E-state index in [-0.39, 0.29) is 31.3 Å². The van der Waals surface area contributed by atoms with Gasteiger partial charge in [0.2, 0.25) is 0 Å². The molecule has 0 saturated heterocycles. The van der Waals surface area contributed by atoms with Crippen molar-refractivity contribution in [2.45, 2.75) is 38.8 Å². The van der Waals surface area contributed by atoms with Crippen molar-refractivity contribution in [3.63, 3.8) is 0 Å². The maximum absolute atomic E-state index is 12.5. The molecule has 0 aliphatic carbocycles. The van der Waals surface area contributed by atoms with Crippen molar-refractivity contribution < 1.29 is 15.0 Å². The highest BCUT2D eigenvalue weighted by Gasteiger charge is 2.15. The Balaban J connectivity index is 1.77. The van der Waals surface area contributed by atoms with E-state index in [0.29, 0.717) is 29.9 Å². The van der Waals surface area contributed by atoms with Gasteiger partial charge in [0.05, 0.1) is 37.2 Å². The van der Waals surface area contributed by atoms with E-state index in [1.165, 1.54) is 0 Å². The fourth-order valence-corrected chi connectivity index (χ4v) is 3.24. The summed E-state index contributed by atoms with van der Waals surface area (Å²) in [6, 6.07) is 11.8. The molecular formula is C20H23N3O3. The second kappa shape index (κ2) is 8.21. The minimum absolute atomic E-state index is 0.0424. The normalized spacial score (nSPS) is 12.4. The molecule has 0 aliphatic rings. The maximum atomic E-state index is 12.5. The van der Waals surface area contributed by atoms with Gasteiger partial charge in [0.25, 0.3) is 0 Å². The molecule has 0 radical (unpaired) electrons. The van der Waals surface area contributed by atoms with E-state index in [4.69, 9.17) is 5.11 Å². The van der Waals surface area contributed by atoms with Crippen LogP contribution in [-0.4, -0.2) is 37.4 Å². The van der Waals surface area contributed by atoms with Gasteiger partial charge in [-0.15, -0.1) is 0 Å². The molecule has 6 nitrogen and oxygen atoms in total. The van der Waals surface area contributed by atoms with E-state index in [1.807, 2.05) is 43.3 Å². The maximum Gasteiger partial charge on any atom is 0.139 e. The van der Waals surface area contributed by atoms with Crippen molar-refractivity contribution in [1.82, 2.24) is 14.8 Å². The Bertz CT molecular complexity index is 890. The molecule has 0 saturated carbocycles. The summed E-state index contributed by atoms with van der Waals surface area (Å²) in [5, 5.41) is 23.8. The van der Waals surface area contributed by atoms with Gasteiger partial charge < -0.3 is 10.2 Å². The van der Waals surface area contributed by atoms with Crippen molar-refractivity contribution in [2.24, 2.45) is 0 Å². The van der Waals surface area contributed by atoms with Gasteiger partial charge in [-0.2, -0.15) is 5.10 Å². The molecule has 1 aromatic carbocycles. The van der Waals surface area contributed by atoms with Crippen LogP contribution < -0.4 is 0 Å². The predicted molar refractivity (Wildman–Crippen MR) is 98.7 cm³/mol. The van der Waals surface area contributed by atoms with Crippen LogP contribution >= 0.6 is 0 Å². The number of rotatable bonds is 8. The van der Waals surface area contributed by atoms with Gasteiger partial charge in [0.1, 0.15) is 5.78 Å². The largest absolute Gasteiger partial charge is 0.394 e. The number of aliphatic hydroxyl groups is 2. The molecule has 2 N–H and O–H groups in total. The number of benzene rings is 1. The van der Waals surface area contributed by atoms with Gasteiger partial charge in [-0.05, 0) is 17.5 Å². The van der Waals surface area contributed by atoms with E-state index in [0.717, 1.165) is 10.9 Å². The highest BCUT2D eigenvalue weighted by atomic mass is 16.3. The number of carbonyl (C=O) groups excluding carboxylic acids is 1. The molecule has 1 atom stereocenters. The molecular weight excluding hydrogens is 330 g/mol. The summed E-state index contributed by atoms with van der Waals surface area (Å²) in [5.74, 6) is 0.261. The van der Waals surface area contributed by atoms with Crippen molar-refractivity contribution in [3.8, 4) is 0 Å². The second-order valence-corrected chi connectivity index (χ2v) is 6.48. The van der Waals surface area contributed by atoms with Gasteiger partial charge in [0.15, 0.2) is 0 Å². The van der Waals surface area contributed by atoms with Crippen molar-refractivity contribution in [1.29, 1.82) is 0 Å². The Kier molecular flexibility index (Phi) is 5.75. The van der Waals surface area contributed by atoms with Crippen LogP contribution in [0.4, 0.5) is 0 Å². The minimum Gasteiger partial charge on any atom is -0.394 e. The molecule has 0 amide bonds. The fourth-order valence-electron chi connectivity index (χ4n) is 3.24. The Hall–Kier alpha value is -2.57. The van der Waals surface area contributed by atoms with Gasteiger partial charge in [-0.3, -0.25) is 14.5 Å². The number of hydrogen-bond donors (Lipinski definition) is 2. The quantitative estimate of drug-likeness (QED) is 0.648. The molecule has 26 heavy (non-hydrogen) atoms. The molecule has 3 aromatic rings. The van der Waals surface area contributed by atoms with Crippen molar-refractivity contribution >= 4 is 16.7 Å². The number of pyridine rings is 1. The van der Waals surface area contributed by atoms with Crippen LogP contribution in [0.5, 0.6) is 0 Å². The lowest BCUT2D eigenvalue weighted by molar-refractivity contribution is -0.118. The Morgan fingerprint density at radius 1 is 1.23 bits per heavy atom. The van der Waals surface area contributed by atoms with E-state index in [2.05, 4.69) is 10.1 Å². The average molecular weight is 353 g/mol. The lowest BCUT2D eigenvalue weighted by Gasteiger charge is -2.11. The molecule has 0 spiro atoms.